The van der Waals surface area contributed by atoms with Crippen molar-refractivity contribution in [2.75, 3.05) is 0 Å². The van der Waals surface area contributed by atoms with Gasteiger partial charge in [0.25, 0.3) is 5.91 Å². The van der Waals surface area contributed by atoms with E-state index in [2.05, 4.69) is 5.32 Å². The van der Waals surface area contributed by atoms with E-state index in [1.54, 1.807) is 0 Å². The molecule has 114 valence electrons. The molecule has 0 fully saturated rings. The monoisotopic (exact) mass is 298 g/mol. The van der Waals surface area contributed by atoms with Crippen LogP contribution in [-0.4, -0.2) is 38.4 Å². The molecule has 0 aliphatic heterocycles. The number of nitrogens with one attached hydrogen (secondary N) is 1. The molecule has 0 saturated carbocycles. The Morgan fingerprint density at radius 1 is 1.48 bits per heavy atom. The van der Waals surface area contributed by atoms with Crippen molar-refractivity contribution in [1.82, 2.24) is 9.88 Å². The number of carbonyl (C=O) groups excluding carboxylic acids is 2. The van der Waals surface area contributed by atoms with E-state index in [1.165, 1.54) is 13.1 Å². The first-order chi connectivity index (χ1) is 9.73. The first-order valence-corrected chi connectivity index (χ1v) is 5.86. The smallest absolute Gasteiger partial charge is 0.326 e. The SMILES string of the molecule is Cn1c(C(=O)N[C@@H](CCC(N)=O)C(=O)O)ccc1[N+](=O)[O-]. The summed E-state index contributed by atoms with van der Waals surface area (Å²) in [5, 5.41) is 21.8. The van der Waals surface area contributed by atoms with Crippen molar-refractivity contribution in [1.29, 1.82) is 0 Å². The molecule has 1 aromatic rings. The van der Waals surface area contributed by atoms with Gasteiger partial charge in [0.05, 0.1) is 7.05 Å². The van der Waals surface area contributed by atoms with Crippen molar-refractivity contribution in [3.8, 4) is 0 Å². The maximum absolute atomic E-state index is 11.9. The Balaban J connectivity index is 2.85. The highest BCUT2D eigenvalue weighted by Gasteiger charge is 2.26. The van der Waals surface area contributed by atoms with Gasteiger partial charge in [0.2, 0.25) is 5.91 Å². The second kappa shape index (κ2) is 6.50. The number of primary amides is 1. The standard InChI is InChI=1S/C11H14N4O6/c1-14-7(3-5-9(14)15(20)21)10(17)13-6(11(18)19)2-4-8(12)16/h3,5-6H,2,4H2,1H3,(H2,12,16)(H,13,17)(H,18,19)/t6-/m0/s1. The van der Waals surface area contributed by atoms with Crippen molar-refractivity contribution in [2.45, 2.75) is 18.9 Å². The molecular weight excluding hydrogens is 284 g/mol. The molecule has 10 nitrogen and oxygen atoms in total. The fourth-order valence-corrected chi connectivity index (χ4v) is 1.69. The minimum Gasteiger partial charge on any atom is -0.480 e. The molecule has 1 rings (SSSR count). The molecule has 0 aromatic carbocycles. The molecular formula is C11H14N4O6. The van der Waals surface area contributed by atoms with Crippen molar-refractivity contribution in [3.63, 3.8) is 0 Å². The van der Waals surface area contributed by atoms with Crippen LogP contribution in [0.15, 0.2) is 12.1 Å². The molecule has 4 N–H and O–H groups in total. The number of hydrogen-bond donors (Lipinski definition) is 3. The van der Waals surface area contributed by atoms with Crippen LogP contribution in [0.4, 0.5) is 5.82 Å². The Kier molecular flexibility index (Phi) is 5.00. The number of nitro groups is 1. The number of carbonyl (C=O) groups is 3. The van der Waals surface area contributed by atoms with Crippen LogP contribution in [0.5, 0.6) is 0 Å². The quantitative estimate of drug-likeness (QED) is 0.449. The van der Waals surface area contributed by atoms with E-state index < -0.39 is 28.7 Å². The summed E-state index contributed by atoms with van der Waals surface area (Å²) in [5.41, 5.74) is 4.86. The van der Waals surface area contributed by atoms with Gasteiger partial charge in [0.15, 0.2) is 5.69 Å². The van der Waals surface area contributed by atoms with Crippen LogP contribution in [0.2, 0.25) is 0 Å². The van der Waals surface area contributed by atoms with Crippen LogP contribution in [0.3, 0.4) is 0 Å². The third-order valence-electron chi connectivity index (χ3n) is 2.80. The fraction of sp³-hybridized carbons (Fsp3) is 0.364. The normalized spacial score (nSPS) is 11.7. The Labute approximate surface area is 118 Å². The second-order valence-electron chi connectivity index (χ2n) is 4.26. The van der Waals surface area contributed by atoms with Crippen molar-refractivity contribution < 1.29 is 24.4 Å². The van der Waals surface area contributed by atoms with E-state index in [4.69, 9.17) is 10.8 Å². The van der Waals surface area contributed by atoms with E-state index in [9.17, 15) is 24.5 Å². The molecule has 0 spiro atoms. The molecule has 0 saturated heterocycles. The summed E-state index contributed by atoms with van der Waals surface area (Å²) in [4.78, 5) is 43.6. The Morgan fingerprint density at radius 2 is 2.10 bits per heavy atom. The summed E-state index contributed by atoms with van der Waals surface area (Å²) in [6.45, 7) is 0. The first kappa shape index (κ1) is 16.1. The van der Waals surface area contributed by atoms with Gasteiger partial charge in [-0.05, 0) is 17.4 Å². The predicted molar refractivity (Wildman–Crippen MR) is 69.4 cm³/mol. The summed E-state index contributed by atoms with van der Waals surface area (Å²) in [7, 11) is 1.31. The third kappa shape index (κ3) is 4.03. The van der Waals surface area contributed by atoms with E-state index in [-0.39, 0.29) is 24.4 Å². The van der Waals surface area contributed by atoms with Gasteiger partial charge in [-0.25, -0.2) is 9.36 Å². The maximum Gasteiger partial charge on any atom is 0.326 e. The van der Waals surface area contributed by atoms with Gasteiger partial charge in [-0.2, -0.15) is 0 Å². The lowest BCUT2D eigenvalue weighted by Crippen LogP contribution is -2.42. The minimum atomic E-state index is -1.33. The van der Waals surface area contributed by atoms with Crippen LogP contribution in [0.25, 0.3) is 0 Å². The molecule has 0 bridgehead atoms. The summed E-state index contributed by atoms with van der Waals surface area (Å²) in [5.74, 6) is -3.11. The molecule has 0 radical (unpaired) electrons. The second-order valence-corrected chi connectivity index (χ2v) is 4.26. The summed E-state index contributed by atoms with van der Waals surface area (Å²) >= 11 is 0. The number of aromatic nitrogens is 1. The van der Waals surface area contributed by atoms with E-state index in [0.29, 0.717) is 0 Å². The zero-order chi connectivity index (χ0) is 16.2. The van der Waals surface area contributed by atoms with Gasteiger partial charge in [0, 0.05) is 12.5 Å². The predicted octanol–water partition coefficient (Wildman–Crippen LogP) is -0.618. The van der Waals surface area contributed by atoms with Crippen LogP contribution >= 0.6 is 0 Å². The number of amides is 2. The number of hydrogen-bond acceptors (Lipinski definition) is 5. The lowest BCUT2D eigenvalue weighted by atomic mass is 10.1. The van der Waals surface area contributed by atoms with Crippen LogP contribution < -0.4 is 11.1 Å². The van der Waals surface area contributed by atoms with Gasteiger partial charge in [-0.3, -0.25) is 9.59 Å². The average Bonchev–Trinajstić information content (AvgIpc) is 2.75. The largest absolute Gasteiger partial charge is 0.480 e. The third-order valence-corrected chi connectivity index (χ3v) is 2.80. The molecule has 0 aliphatic rings. The summed E-state index contributed by atoms with van der Waals surface area (Å²) in [6.07, 6.45) is -0.368. The average molecular weight is 298 g/mol. The highest BCUT2D eigenvalue weighted by atomic mass is 16.6. The Hall–Kier alpha value is -2.91. The molecule has 2 amide bonds. The molecule has 1 heterocycles. The van der Waals surface area contributed by atoms with Crippen LogP contribution in [0.1, 0.15) is 23.3 Å². The number of carboxylic acids is 1. The highest BCUT2D eigenvalue weighted by molar-refractivity contribution is 5.95. The minimum absolute atomic E-state index is 0.0629. The van der Waals surface area contributed by atoms with E-state index >= 15 is 0 Å². The zero-order valence-electron chi connectivity index (χ0n) is 11.1. The van der Waals surface area contributed by atoms with Crippen LogP contribution in [0, 0.1) is 10.1 Å². The number of rotatable bonds is 7. The highest BCUT2D eigenvalue weighted by Crippen LogP contribution is 2.15. The molecule has 1 atom stereocenters. The van der Waals surface area contributed by atoms with Crippen molar-refractivity contribution in [2.24, 2.45) is 12.8 Å². The van der Waals surface area contributed by atoms with Gasteiger partial charge in [-0.15, -0.1) is 0 Å². The number of aliphatic carboxylic acids is 1. The van der Waals surface area contributed by atoms with Crippen molar-refractivity contribution in [3.05, 3.63) is 27.9 Å². The van der Waals surface area contributed by atoms with Crippen molar-refractivity contribution >= 4 is 23.6 Å². The summed E-state index contributed by atoms with van der Waals surface area (Å²) < 4.78 is 1.03. The van der Waals surface area contributed by atoms with Gasteiger partial charge >= 0.3 is 11.8 Å². The zero-order valence-corrected chi connectivity index (χ0v) is 11.1. The van der Waals surface area contributed by atoms with Gasteiger partial charge in [0.1, 0.15) is 6.04 Å². The Morgan fingerprint density at radius 3 is 2.52 bits per heavy atom. The lowest BCUT2D eigenvalue weighted by molar-refractivity contribution is -0.391. The van der Waals surface area contributed by atoms with Crippen LogP contribution in [-0.2, 0) is 16.6 Å². The summed E-state index contributed by atoms with van der Waals surface area (Å²) in [6, 6.07) is 1.04. The molecule has 1 aromatic heterocycles. The Bertz CT molecular complexity index is 594. The maximum atomic E-state index is 11.9. The molecule has 21 heavy (non-hydrogen) atoms. The fourth-order valence-electron chi connectivity index (χ4n) is 1.69. The topological polar surface area (TPSA) is 158 Å². The first-order valence-electron chi connectivity index (χ1n) is 5.86. The number of carboxylic acid groups (broad SMARTS) is 1. The van der Waals surface area contributed by atoms with Gasteiger partial charge in [-0.1, -0.05) is 0 Å². The van der Waals surface area contributed by atoms with Gasteiger partial charge < -0.3 is 26.3 Å². The molecule has 10 heteroatoms. The number of nitrogens with two attached hydrogens (primary N) is 1. The number of nitrogens with zero attached hydrogens (tertiary/aromatic N) is 2. The van der Waals surface area contributed by atoms with E-state index in [1.807, 2.05) is 0 Å². The molecule has 0 aliphatic carbocycles. The molecule has 0 unspecified atom stereocenters. The van der Waals surface area contributed by atoms with E-state index in [0.717, 1.165) is 10.6 Å². The lowest BCUT2D eigenvalue weighted by Gasteiger charge is -2.12.